The van der Waals surface area contributed by atoms with E-state index in [2.05, 4.69) is 10.3 Å². The summed E-state index contributed by atoms with van der Waals surface area (Å²) in [6.45, 7) is 0.162. The van der Waals surface area contributed by atoms with Crippen molar-refractivity contribution < 1.29 is 14.5 Å². The number of nitro benzene ring substituents is 1. The van der Waals surface area contributed by atoms with E-state index >= 15 is 0 Å². The van der Waals surface area contributed by atoms with Gasteiger partial charge in [0.2, 0.25) is 5.91 Å². The lowest BCUT2D eigenvalue weighted by Gasteiger charge is -2.11. The molecule has 4 rings (SSSR count). The molecule has 1 aliphatic rings. The number of anilines is 1. The molecule has 1 amide bonds. The van der Waals surface area contributed by atoms with E-state index in [0.29, 0.717) is 11.1 Å². The van der Waals surface area contributed by atoms with Gasteiger partial charge in [-0.15, -0.1) is 11.3 Å². The third-order valence-electron chi connectivity index (χ3n) is 5.19. The van der Waals surface area contributed by atoms with Gasteiger partial charge in [0.05, 0.1) is 29.4 Å². The summed E-state index contributed by atoms with van der Waals surface area (Å²) in [5, 5.41) is 14.3. The Balaban J connectivity index is 1.51. The first-order valence-corrected chi connectivity index (χ1v) is 10.4. The Kier molecular flexibility index (Phi) is 5.49. The van der Waals surface area contributed by atoms with Gasteiger partial charge in [-0.3, -0.25) is 24.3 Å². The summed E-state index contributed by atoms with van der Waals surface area (Å²) < 4.78 is 6.61. The standard InChI is InChI=1S/C20H20N4O5S/c1-29-15-7-6-12(24(27)28)10-14(15)22-17(25)8-9-23-11-21-19-18(20(23)26)13-4-2-3-5-16(13)30-19/h6-7,10-11H,2-5,8-9H2,1H3,(H,22,25). The van der Waals surface area contributed by atoms with Crippen molar-refractivity contribution in [3.05, 3.63) is 55.4 Å². The highest BCUT2D eigenvalue weighted by atomic mass is 32.1. The highest BCUT2D eigenvalue weighted by Crippen LogP contribution is 2.33. The van der Waals surface area contributed by atoms with Gasteiger partial charge in [-0.2, -0.15) is 0 Å². The fraction of sp³-hybridized carbons (Fsp3) is 0.350. The van der Waals surface area contributed by atoms with E-state index in [1.54, 1.807) is 11.3 Å². The van der Waals surface area contributed by atoms with Gasteiger partial charge < -0.3 is 10.1 Å². The summed E-state index contributed by atoms with van der Waals surface area (Å²) in [6.07, 6.45) is 5.58. The van der Waals surface area contributed by atoms with E-state index in [1.807, 2.05) is 0 Å². The van der Waals surface area contributed by atoms with Crippen LogP contribution in [0.1, 0.15) is 29.7 Å². The molecule has 3 aromatic rings. The molecule has 0 bridgehead atoms. The van der Waals surface area contributed by atoms with Crippen LogP contribution >= 0.6 is 11.3 Å². The number of rotatable bonds is 6. The summed E-state index contributed by atoms with van der Waals surface area (Å²) >= 11 is 1.58. The topological polar surface area (TPSA) is 116 Å². The maximum atomic E-state index is 13.0. The monoisotopic (exact) mass is 428 g/mol. The number of nitrogens with one attached hydrogen (secondary N) is 1. The number of methoxy groups -OCH3 is 1. The van der Waals surface area contributed by atoms with Gasteiger partial charge in [0, 0.05) is 30.0 Å². The van der Waals surface area contributed by atoms with Crippen LogP contribution in [0.3, 0.4) is 0 Å². The molecule has 10 heteroatoms. The quantitative estimate of drug-likeness (QED) is 0.476. The maximum absolute atomic E-state index is 13.0. The van der Waals surface area contributed by atoms with Crippen molar-refractivity contribution in [3.8, 4) is 5.75 Å². The van der Waals surface area contributed by atoms with Crippen LogP contribution in [-0.2, 0) is 24.2 Å². The molecular weight excluding hydrogens is 408 g/mol. The molecule has 30 heavy (non-hydrogen) atoms. The van der Waals surface area contributed by atoms with Gasteiger partial charge in [-0.1, -0.05) is 0 Å². The molecule has 0 spiro atoms. The number of carbonyl (C=O) groups excluding carboxylic acids is 1. The largest absolute Gasteiger partial charge is 0.495 e. The third kappa shape index (κ3) is 3.78. The van der Waals surface area contributed by atoms with Crippen LogP contribution < -0.4 is 15.6 Å². The number of nitrogens with zero attached hydrogens (tertiary/aromatic N) is 3. The molecule has 0 unspecified atom stereocenters. The van der Waals surface area contributed by atoms with Crippen molar-refractivity contribution in [2.75, 3.05) is 12.4 Å². The van der Waals surface area contributed by atoms with Crippen LogP contribution in [0.5, 0.6) is 5.75 Å². The average molecular weight is 428 g/mol. The van der Waals surface area contributed by atoms with Crippen molar-refractivity contribution in [2.24, 2.45) is 0 Å². The number of aromatic nitrogens is 2. The number of nitro groups is 1. The van der Waals surface area contributed by atoms with Gasteiger partial charge in [-0.05, 0) is 37.3 Å². The minimum Gasteiger partial charge on any atom is -0.495 e. The second kappa shape index (κ2) is 8.23. The number of hydrogen-bond acceptors (Lipinski definition) is 7. The number of benzene rings is 1. The number of ether oxygens (including phenoxy) is 1. The average Bonchev–Trinajstić information content (AvgIpc) is 3.12. The van der Waals surface area contributed by atoms with Crippen molar-refractivity contribution >= 4 is 38.8 Å². The minimum atomic E-state index is -0.545. The van der Waals surface area contributed by atoms with E-state index in [0.717, 1.165) is 36.1 Å². The lowest BCUT2D eigenvalue weighted by atomic mass is 9.97. The number of non-ortho nitro benzene ring substituents is 1. The Labute approximate surface area is 175 Å². The molecule has 1 aromatic carbocycles. The van der Waals surface area contributed by atoms with Crippen LogP contribution in [0.25, 0.3) is 10.2 Å². The van der Waals surface area contributed by atoms with E-state index in [4.69, 9.17) is 4.74 Å². The zero-order valence-corrected chi connectivity index (χ0v) is 17.2. The highest BCUT2D eigenvalue weighted by molar-refractivity contribution is 7.18. The molecule has 0 fully saturated rings. The number of aryl methyl sites for hydroxylation is 3. The van der Waals surface area contributed by atoms with Crippen molar-refractivity contribution in [3.63, 3.8) is 0 Å². The number of amides is 1. The fourth-order valence-electron chi connectivity index (χ4n) is 3.68. The molecule has 156 valence electrons. The molecule has 0 aliphatic heterocycles. The van der Waals surface area contributed by atoms with Crippen LogP contribution in [0.4, 0.5) is 11.4 Å². The van der Waals surface area contributed by atoms with Gasteiger partial charge in [0.15, 0.2) is 0 Å². The van der Waals surface area contributed by atoms with Gasteiger partial charge in [-0.25, -0.2) is 4.98 Å². The summed E-state index contributed by atoms with van der Waals surface area (Å²) in [7, 11) is 1.42. The predicted octanol–water partition coefficient (Wildman–Crippen LogP) is 3.28. The molecule has 1 aliphatic carbocycles. The zero-order valence-electron chi connectivity index (χ0n) is 16.3. The lowest BCUT2D eigenvalue weighted by molar-refractivity contribution is -0.384. The minimum absolute atomic E-state index is 0.0191. The van der Waals surface area contributed by atoms with Crippen molar-refractivity contribution in [2.45, 2.75) is 38.6 Å². The summed E-state index contributed by atoms with van der Waals surface area (Å²) in [5.74, 6) is -0.0627. The molecule has 2 aromatic heterocycles. The summed E-state index contributed by atoms with van der Waals surface area (Å²) in [6, 6.07) is 3.97. The summed E-state index contributed by atoms with van der Waals surface area (Å²) in [5.41, 5.74) is 1.04. The maximum Gasteiger partial charge on any atom is 0.271 e. The molecule has 2 heterocycles. The molecule has 1 N–H and O–H groups in total. The van der Waals surface area contributed by atoms with Gasteiger partial charge >= 0.3 is 0 Å². The second-order valence-electron chi connectivity index (χ2n) is 7.07. The first-order chi connectivity index (χ1) is 14.5. The van der Waals surface area contributed by atoms with E-state index in [1.165, 1.54) is 41.1 Å². The Morgan fingerprint density at radius 2 is 2.17 bits per heavy atom. The Bertz CT molecular complexity index is 1200. The SMILES string of the molecule is COc1ccc([N+](=O)[O-])cc1NC(=O)CCn1cnc2sc3c(c2c1=O)CCCC3. The number of hydrogen-bond donors (Lipinski definition) is 1. The molecule has 0 atom stereocenters. The Morgan fingerprint density at radius 3 is 2.93 bits per heavy atom. The number of carbonyl (C=O) groups is 1. The van der Waals surface area contributed by atoms with Crippen LogP contribution in [0, 0.1) is 10.1 Å². The predicted molar refractivity (Wildman–Crippen MR) is 113 cm³/mol. The van der Waals surface area contributed by atoms with Crippen LogP contribution in [0.2, 0.25) is 0 Å². The fourth-order valence-corrected chi connectivity index (χ4v) is 4.90. The molecular formula is C20H20N4O5S. The van der Waals surface area contributed by atoms with E-state index in [9.17, 15) is 19.7 Å². The molecule has 0 saturated carbocycles. The first-order valence-electron chi connectivity index (χ1n) is 9.60. The third-order valence-corrected chi connectivity index (χ3v) is 6.39. The van der Waals surface area contributed by atoms with Gasteiger partial charge in [0.25, 0.3) is 11.2 Å². The number of fused-ring (bicyclic) bond motifs is 3. The number of thiophene rings is 1. The zero-order chi connectivity index (χ0) is 21.3. The lowest BCUT2D eigenvalue weighted by Crippen LogP contribution is -2.24. The van der Waals surface area contributed by atoms with Crippen molar-refractivity contribution in [1.29, 1.82) is 0 Å². The molecule has 9 nitrogen and oxygen atoms in total. The summed E-state index contributed by atoms with van der Waals surface area (Å²) in [4.78, 5) is 42.2. The highest BCUT2D eigenvalue weighted by Gasteiger charge is 2.20. The van der Waals surface area contributed by atoms with Crippen molar-refractivity contribution in [1.82, 2.24) is 9.55 Å². The van der Waals surface area contributed by atoms with Crippen LogP contribution in [0.15, 0.2) is 29.3 Å². The molecule has 0 radical (unpaired) electrons. The Morgan fingerprint density at radius 1 is 1.37 bits per heavy atom. The normalized spacial score (nSPS) is 13.1. The second-order valence-corrected chi connectivity index (χ2v) is 8.16. The van der Waals surface area contributed by atoms with E-state index < -0.39 is 4.92 Å². The van der Waals surface area contributed by atoms with Gasteiger partial charge in [0.1, 0.15) is 10.6 Å². The Hall–Kier alpha value is -3.27. The molecule has 0 saturated heterocycles. The first kappa shape index (κ1) is 20.0. The smallest absolute Gasteiger partial charge is 0.271 e. The van der Waals surface area contributed by atoms with Crippen LogP contribution in [-0.4, -0.2) is 27.5 Å². The van der Waals surface area contributed by atoms with E-state index in [-0.39, 0.29) is 35.8 Å².